The molecule has 0 bridgehead atoms. The smallest absolute Gasteiger partial charge is 0.143 e. The fourth-order valence-corrected chi connectivity index (χ4v) is 1.79. The van der Waals surface area contributed by atoms with Crippen LogP contribution in [0.25, 0.3) is 0 Å². The van der Waals surface area contributed by atoms with E-state index in [1.807, 2.05) is 0 Å². The highest BCUT2D eigenvalue weighted by molar-refractivity contribution is 5.51. The van der Waals surface area contributed by atoms with Gasteiger partial charge in [-0.05, 0) is 31.5 Å². The van der Waals surface area contributed by atoms with Gasteiger partial charge in [0.05, 0.1) is 5.56 Å². The van der Waals surface area contributed by atoms with E-state index in [0.717, 1.165) is 13.1 Å². The molecule has 1 fully saturated rings. The van der Waals surface area contributed by atoms with Crippen molar-refractivity contribution in [2.75, 3.05) is 18.4 Å². The Bertz CT molecular complexity index is 363. The molecule has 4 heteroatoms. The molecule has 15 heavy (non-hydrogen) atoms. The Morgan fingerprint density at radius 3 is 3.33 bits per heavy atom. The van der Waals surface area contributed by atoms with Crippen molar-refractivity contribution in [3.05, 3.63) is 23.9 Å². The zero-order valence-corrected chi connectivity index (χ0v) is 8.53. The zero-order chi connectivity index (χ0) is 10.5. The molecule has 0 aromatic carbocycles. The van der Waals surface area contributed by atoms with Crippen molar-refractivity contribution in [3.8, 4) is 6.07 Å². The Morgan fingerprint density at radius 1 is 1.67 bits per heavy atom. The Labute approximate surface area is 89.3 Å². The van der Waals surface area contributed by atoms with Crippen LogP contribution in [0.5, 0.6) is 0 Å². The van der Waals surface area contributed by atoms with Crippen LogP contribution in [0.2, 0.25) is 0 Å². The molecule has 0 radical (unpaired) electrons. The zero-order valence-electron chi connectivity index (χ0n) is 8.53. The first kappa shape index (κ1) is 9.94. The van der Waals surface area contributed by atoms with Crippen LogP contribution in [0.1, 0.15) is 18.4 Å². The van der Waals surface area contributed by atoms with Gasteiger partial charge in [0.2, 0.25) is 0 Å². The van der Waals surface area contributed by atoms with E-state index < -0.39 is 0 Å². The summed E-state index contributed by atoms with van der Waals surface area (Å²) in [5, 5.41) is 15.5. The van der Waals surface area contributed by atoms with Gasteiger partial charge in [0.15, 0.2) is 0 Å². The van der Waals surface area contributed by atoms with Crippen LogP contribution in [-0.4, -0.2) is 24.1 Å². The molecule has 1 saturated heterocycles. The van der Waals surface area contributed by atoms with Crippen LogP contribution >= 0.6 is 0 Å². The molecule has 2 rings (SSSR count). The molecule has 1 aromatic rings. The number of nitrogens with one attached hydrogen (secondary N) is 2. The molecule has 1 aromatic heterocycles. The Hall–Kier alpha value is -1.60. The maximum absolute atomic E-state index is 8.86. The molecule has 2 N–H and O–H groups in total. The van der Waals surface area contributed by atoms with E-state index in [0.29, 0.717) is 17.4 Å². The number of rotatable bonds is 3. The second-order valence-electron chi connectivity index (χ2n) is 3.69. The second kappa shape index (κ2) is 4.76. The third kappa shape index (κ3) is 2.45. The van der Waals surface area contributed by atoms with Crippen LogP contribution in [0.3, 0.4) is 0 Å². The van der Waals surface area contributed by atoms with Gasteiger partial charge in [0.25, 0.3) is 0 Å². The standard InChI is InChI=1S/C11H14N4/c12-7-9-3-1-6-14-11(9)15-8-10-4-2-5-13-10/h1,3,6,10,13H,2,4-5,8H2,(H,14,15)/t10-/m1/s1. The van der Waals surface area contributed by atoms with Crippen LogP contribution in [-0.2, 0) is 0 Å². The summed E-state index contributed by atoms with van der Waals surface area (Å²) >= 11 is 0. The monoisotopic (exact) mass is 202 g/mol. The minimum absolute atomic E-state index is 0.513. The third-order valence-electron chi connectivity index (χ3n) is 2.61. The molecule has 1 atom stereocenters. The number of nitrogens with zero attached hydrogens (tertiary/aromatic N) is 2. The van der Waals surface area contributed by atoms with Crippen molar-refractivity contribution < 1.29 is 0 Å². The van der Waals surface area contributed by atoms with Crippen LogP contribution < -0.4 is 10.6 Å². The van der Waals surface area contributed by atoms with Gasteiger partial charge >= 0.3 is 0 Å². The van der Waals surface area contributed by atoms with Crippen molar-refractivity contribution >= 4 is 5.82 Å². The number of hydrogen-bond acceptors (Lipinski definition) is 4. The largest absolute Gasteiger partial charge is 0.367 e. The molecule has 0 spiro atoms. The number of nitriles is 1. The summed E-state index contributed by atoms with van der Waals surface area (Å²) in [6.45, 7) is 1.94. The lowest BCUT2D eigenvalue weighted by Gasteiger charge is -2.12. The molecule has 4 nitrogen and oxygen atoms in total. The van der Waals surface area contributed by atoms with Crippen LogP contribution in [0.4, 0.5) is 5.82 Å². The number of pyridine rings is 1. The number of hydrogen-bond donors (Lipinski definition) is 2. The Kier molecular flexibility index (Phi) is 3.15. The van der Waals surface area contributed by atoms with Crippen molar-refractivity contribution in [2.24, 2.45) is 0 Å². The van der Waals surface area contributed by atoms with Crippen molar-refractivity contribution in [2.45, 2.75) is 18.9 Å². The van der Waals surface area contributed by atoms with E-state index in [1.165, 1.54) is 12.8 Å². The van der Waals surface area contributed by atoms with E-state index in [-0.39, 0.29) is 0 Å². The first-order valence-electron chi connectivity index (χ1n) is 5.22. The Morgan fingerprint density at radius 2 is 2.60 bits per heavy atom. The van der Waals surface area contributed by atoms with Gasteiger partial charge in [-0.2, -0.15) is 5.26 Å². The summed E-state index contributed by atoms with van der Waals surface area (Å²) in [7, 11) is 0. The van der Waals surface area contributed by atoms with Gasteiger partial charge < -0.3 is 10.6 Å². The highest BCUT2D eigenvalue weighted by Crippen LogP contribution is 2.11. The number of anilines is 1. The van der Waals surface area contributed by atoms with Gasteiger partial charge in [-0.1, -0.05) is 0 Å². The number of aromatic nitrogens is 1. The van der Waals surface area contributed by atoms with Gasteiger partial charge in [-0.25, -0.2) is 4.98 Å². The lowest BCUT2D eigenvalue weighted by atomic mass is 10.2. The predicted octanol–water partition coefficient (Wildman–Crippen LogP) is 1.12. The van der Waals surface area contributed by atoms with E-state index >= 15 is 0 Å². The normalized spacial score (nSPS) is 19.8. The van der Waals surface area contributed by atoms with Crippen molar-refractivity contribution in [1.29, 1.82) is 5.26 Å². The first-order chi connectivity index (χ1) is 7.40. The molecule has 2 heterocycles. The first-order valence-corrected chi connectivity index (χ1v) is 5.22. The summed E-state index contributed by atoms with van der Waals surface area (Å²) in [4.78, 5) is 4.15. The maximum Gasteiger partial charge on any atom is 0.143 e. The molecule has 0 saturated carbocycles. The summed E-state index contributed by atoms with van der Waals surface area (Å²) < 4.78 is 0. The van der Waals surface area contributed by atoms with Gasteiger partial charge in [0, 0.05) is 18.8 Å². The highest BCUT2D eigenvalue weighted by Gasteiger charge is 2.13. The second-order valence-corrected chi connectivity index (χ2v) is 3.69. The SMILES string of the molecule is N#Cc1cccnc1NC[C@H]1CCCN1. The average Bonchev–Trinajstić information content (AvgIpc) is 2.79. The van der Waals surface area contributed by atoms with Crippen LogP contribution in [0.15, 0.2) is 18.3 Å². The van der Waals surface area contributed by atoms with E-state index in [4.69, 9.17) is 5.26 Å². The molecule has 78 valence electrons. The van der Waals surface area contributed by atoms with Crippen molar-refractivity contribution in [3.63, 3.8) is 0 Å². The molecular weight excluding hydrogens is 188 g/mol. The summed E-state index contributed by atoms with van der Waals surface area (Å²) in [6, 6.07) is 6.19. The van der Waals surface area contributed by atoms with E-state index in [1.54, 1.807) is 18.3 Å². The molecule has 1 aliphatic rings. The van der Waals surface area contributed by atoms with E-state index in [9.17, 15) is 0 Å². The van der Waals surface area contributed by atoms with Crippen LogP contribution in [0, 0.1) is 11.3 Å². The summed E-state index contributed by atoms with van der Waals surface area (Å²) in [5.74, 6) is 0.689. The van der Waals surface area contributed by atoms with E-state index in [2.05, 4.69) is 21.7 Å². The maximum atomic E-state index is 8.86. The molecule has 0 aliphatic carbocycles. The quantitative estimate of drug-likeness (QED) is 0.771. The lowest BCUT2D eigenvalue weighted by Crippen LogP contribution is -2.29. The summed E-state index contributed by atoms with van der Waals surface area (Å²) in [5.41, 5.74) is 0.607. The lowest BCUT2D eigenvalue weighted by molar-refractivity contribution is 0.632. The van der Waals surface area contributed by atoms with Crippen molar-refractivity contribution in [1.82, 2.24) is 10.3 Å². The molecule has 1 aliphatic heterocycles. The molecule has 0 unspecified atom stereocenters. The summed E-state index contributed by atoms with van der Waals surface area (Å²) in [6.07, 6.45) is 4.13. The minimum Gasteiger partial charge on any atom is -0.367 e. The topological polar surface area (TPSA) is 60.7 Å². The fraction of sp³-hybridized carbons (Fsp3) is 0.455. The predicted molar refractivity (Wildman–Crippen MR) is 58.5 cm³/mol. The molecule has 0 amide bonds. The Balaban J connectivity index is 1.95. The highest BCUT2D eigenvalue weighted by atomic mass is 15.0. The fourth-order valence-electron chi connectivity index (χ4n) is 1.79. The minimum atomic E-state index is 0.513. The van der Waals surface area contributed by atoms with Gasteiger partial charge in [-0.3, -0.25) is 0 Å². The van der Waals surface area contributed by atoms with Gasteiger partial charge in [-0.15, -0.1) is 0 Å². The third-order valence-corrected chi connectivity index (χ3v) is 2.61. The average molecular weight is 202 g/mol. The van der Waals surface area contributed by atoms with Gasteiger partial charge in [0.1, 0.15) is 11.9 Å². The molecular formula is C11H14N4.